The third-order valence-corrected chi connectivity index (χ3v) is 2.92. The maximum atomic E-state index is 13.4. The molecule has 0 spiro atoms. The third-order valence-electron chi connectivity index (χ3n) is 2.24. The van der Waals surface area contributed by atoms with Crippen molar-refractivity contribution < 1.29 is 13.2 Å². The van der Waals surface area contributed by atoms with Crippen molar-refractivity contribution in [3.05, 3.63) is 54.3 Å². The van der Waals surface area contributed by atoms with E-state index in [4.69, 9.17) is 4.55 Å². The summed E-state index contributed by atoms with van der Waals surface area (Å²) in [6.45, 7) is 0. The summed E-state index contributed by atoms with van der Waals surface area (Å²) in [5.41, 5.74) is 1.17. The largest absolute Gasteiger partial charge is 0.302 e. The van der Waals surface area contributed by atoms with Gasteiger partial charge in [-0.25, -0.2) is 8.60 Å². The van der Waals surface area contributed by atoms with E-state index in [2.05, 4.69) is 0 Å². The molecule has 0 saturated carbocycles. The Morgan fingerprint density at radius 3 is 2.19 bits per heavy atom. The summed E-state index contributed by atoms with van der Waals surface area (Å²) in [5, 5.41) is 0. The summed E-state index contributed by atoms with van der Waals surface area (Å²) in [6.07, 6.45) is 0. The molecule has 16 heavy (non-hydrogen) atoms. The second kappa shape index (κ2) is 4.55. The molecule has 0 aliphatic rings. The van der Waals surface area contributed by atoms with Crippen LogP contribution in [-0.4, -0.2) is 8.76 Å². The number of rotatable bonds is 2. The van der Waals surface area contributed by atoms with Crippen LogP contribution in [0.2, 0.25) is 0 Å². The second-order valence-corrected chi connectivity index (χ2v) is 4.22. The summed E-state index contributed by atoms with van der Waals surface area (Å²) in [7, 11) is 0. The lowest BCUT2D eigenvalue weighted by atomic mass is 10.1. The SMILES string of the molecule is O=S(O)c1ccc(-c2ccccc2F)cc1. The molecule has 0 bridgehead atoms. The normalized spacial score (nSPS) is 12.4. The monoisotopic (exact) mass is 236 g/mol. The van der Waals surface area contributed by atoms with Crippen molar-refractivity contribution in [1.82, 2.24) is 0 Å². The average Bonchev–Trinajstić information content (AvgIpc) is 2.30. The van der Waals surface area contributed by atoms with Gasteiger partial charge in [-0.1, -0.05) is 30.3 Å². The molecule has 4 heteroatoms. The van der Waals surface area contributed by atoms with Crippen LogP contribution in [0.5, 0.6) is 0 Å². The molecular formula is C12H9FO2S. The van der Waals surface area contributed by atoms with Crippen molar-refractivity contribution in [2.24, 2.45) is 0 Å². The molecule has 2 nitrogen and oxygen atoms in total. The fourth-order valence-corrected chi connectivity index (χ4v) is 1.82. The Morgan fingerprint density at radius 2 is 1.62 bits per heavy atom. The predicted octanol–water partition coefficient (Wildman–Crippen LogP) is 3.07. The number of hydrogen-bond acceptors (Lipinski definition) is 1. The van der Waals surface area contributed by atoms with Crippen molar-refractivity contribution in [2.45, 2.75) is 4.90 Å². The molecule has 2 rings (SSSR count). The first kappa shape index (κ1) is 11.0. The second-order valence-electron chi connectivity index (χ2n) is 3.25. The minimum absolute atomic E-state index is 0.305. The van der Waals surface area contributed by atoms with Crippen molar-refractivity contribution in [2.75, 3.05) is 0 Å². The van der Waals surface area contributed by atoms with Gasteiger partial charge in [0.05, 0.1) is 4.90 Å². The van der Waals surface area contributed by atoms with E-state index < -0.39 is 11.1 Å². The zero-order chi connectivity index (χ0) is 11.5. The van der Waals surface area contributed by atoms with Crippen molar-refractivity contribution in [3.8, 4) is 11.1 Å². The summed E-state index contributed by atoms with van der Waals surface area (Å²) in [4.78, 5) is 0.306. The lowest BCUT2D eigenvalue weighted by molar-refractivity contribution is 0.564. The molecule has 0 aromatic heterocycles. The van der Waals surface area contributed by atoms with Crippen LogP contribution >= 0.6 is 0 Å². The summed E-state index contributed by atoms with van der Waals surface area (Å²) in [5.74, 6) is -0.305. The topological polar surface area (TPSA) is 37.3 Å². The molecule has 82 valence electrons. The van der Waals surface area contributed by atoms with E-state index >= 15 is 0 Å². The standard InChI is InChI=1S/C12H9FO2S/c13-12-4-2-1-3-11(12)9-5-7-10(8-6-9)16(14)15/h1-8H,(H,14,15). The highest BCUT2D eigenvalue weighted by Gasteiger charge is 2.04. The molecule has 0 heterocycles. The predicted molar refractivity (Wildman–Crippen MR) is 60.9 cm³/mol. The van der Waals surface area contributed by atoms with Crippen LogP contribution in [0, 0.1) is 5.82 Å². The lowest BCUT2D eigenvalue weighted by Gasteiger charge is -2.03. The van der Waals surface area contributed by atoms with Gasteiger partial charge in [0.15, 0.2) is 11.1 Å². The van der Waals surface area contributed by atoms with E-state index in [9.17, 15) is 8.60 Å². The summed E-state index contributed by atoms with van der Waals surface area (Å²) >= 11 is -1.99. The molecule has 0 aliphatic carbocycles. The number of benzene rings is 2. The van der Waals surface area contributed by atoms with E-state index in [-0.39, 0.29) is 5.82 Å². The number of hydrogen-bond donors (Lipinski definition) is 1. The molecule has 0 aliphatic heterocycles. The minimum Gasteiger partial charge on any atom is -0.302 e. The highest BCUT2D eigenvalue weighted by molar-refractivity contribution is 7.79. The zero-order valence-corrected chi connectivity index (χ0v) is 9.08. The van der Waals surface area contributed by atoms with Crippen LogP contribution in [0.15, 0.2) is 53.4 Å². The van der Waals surface area contributed by atoms with Gasteiger partial charge >= 0.3 is 0 Å². The fraction of sp³-hybridized carbons (Fsp3) is 0. The first-order valence-corrected chi connectivity index (χ1v) is 5.75. The van der Waals surface area contributed by atoms with Gasteiger partial charge < -0.3 is 4.55 Å². The quantitative estimate of drug-likeness (QED) is 0.813. The Kier molecular flexibility index (Phi) is 3.12. The Hall–Kier alpha value is -1.52. The van der Waals surface area contributed by atoms with Gasteiger partial charge in [-0.2, -0.15) is 0 Å². The van der Waals surface area contributed by atoms with Crippen molar-refractivity contribution in [3.63, 3.8) is 0 Å². The highest BCUT2D eigenvalue weighted by Crippen LogP contribution is 2.23. The van der Waals surface area contributed by atoms with Gasteiger partial charge in [-0.05, 0) is 23.8 Å². The van der Waals surface area contributed by atoms with E-state index in [1.54, 1.807) is 30.3 Å². The first-order valence-electron chi connectivity index (χ1n) is 4.64. The summed E-state index contributed by atoms with van der Waals surface area (Å²) in [6, 6.07) is 12.7. The van der Waals surface area contributed by atoms with Crippen LogP contribution < -0.4 is 0 Å². The molecule has 2 aromatic carbocycles. The Labute approximate surface area is 95.0 Å². The molecule has 0 fully saturated rings. The Morgan fingerprint density at radius 1 is 1.00 bits per heavy atom. The van der Waals surface area contributed by atoms with Gasteiger partial charge in [-0.15, -0.1) is 0 Å². The minimum atomic E-state index is -1.99. The van der Waals surface area contributed by atoms with E-state index in [0.29, 0.717) is 16.0 Å². The van der Waals surface area contributed by atoms with Crippen LogP contribution in [0.25, 0.3) is 11.1 Å². The van der Waals surface area contributed by atoms with Crippen LogP contribution in [0.3, 0.4) is 0 Å². The molecule has 1 unspecified atom stereocenters. The molecular weight excluding hydrogens is 227 g/mol. The van der Waals surface area contributed by atoms with Gasteiger partial charge in [-0.3, -0.25) is 0 Å². The van der Waals surface area contributed by atoms with E-state index in [0.717, 1.165) is 0 Å². The molecule has 0 amide bonds. The molecule has 1 N–H and O–H groups in total. The third kappa shape index (κ3) is 2.18. The van der Waals surface area contributed by atoms with Crippen LogP contribution in [0.1, 0.15) is 0 Å². The zero-order valence-electron chi connectivity index (χ0n) is 8.26. The smallest absolute Gasteiger partial charge is 0.186 e. The van der Waals surface area contributed by atoms with Crippen molar-refractivity contribution >= 4 is 11.1 Å². The average molecular weight is 236 g/mol. The lowest BCUT2D eigenvalue weighted by Crippen LogP contribution is -1.88. The maximum absolute atomic E-state index is 13.4. The van der Waals surface area contributed by atoms with E-state index in [1.807, 2.05) is 0 Å². The van der Waals surface area contributed by atoms with Gasteiger partial charge in [0, 0.05) is 5.56 Å². The number of halogens is 1. The summed E-state index contributed by atoms with van der Waals surface area (Å²) < 4.78 is 33.0. The fourth-order valence-electron chi connectivity index (χ4n) is 1.45. The van der Waals surface area contributed by atoms with E-state index in [1.165, 1.54) is 18.2 Å². The Balaban J connectivity index is 2.43. The molecule has 0 radical (unpaired) electrons. The van der Waals surface area contributed by atoms with Crippen LogP contribution in [0.4, 0.5) is 4.39 Å². The van der Waals surface area contributed by atoms with Crippen LogP contribution in [-0.2, 0) is 11.1 Å². The maximum Gasteiger partial charge on any atom is 0.186 e. The van der Waals surface area contributed by atoms with Gasteiger partial charge in [0.2, 0.25) is 0 Å². The Bertz CT molecular complexity index is 523. The van der Waals surface area contributed by atoms with Gasteiger partial charge in [0.25, 0.3) is 0 Å². The highest BCUT2D eigenvalue weighted by atomic mass is 32.2. The molecule has 2 aromatic rings. The first-order chi connectivity index (χ1) is 7.68. The van der Waals surface area contributed by atoms with Gasteiger partial charge in [0.1, 0.15) is 5.82 Å². The molecule has 0 saturated heterocycles. The van der Waals surface area contributed by atoms with Crippen molar-refractivity contribution in [1.29, 1.82) is 0 Å². The molecule has 1 atom stereocenters.